The van der Waals surface area contributed by atoms with Crippen molar-refractivity contribution >= 4 is 11.7 Å². The number of nitrogens with one attached hydrogen (secondary N) is 1. The van der Waals surface area contributed by atoms with Crippen LogP contribution in [0.3, 0.4) is 0 Å². The highest BCUT2D eigenvalue weighted by atomic mass is 19.1. The first-order chi connectivity index (χ1) is 16.8. The van der Waals surface area contributed by atoms with E-state index in [9.17, 15) is 18.7 Å². The lowest BCUT2D eigenvalue weighted by Gasteiger charge is -2.21. The number of pyridine rings is 2. The van der Waals surface area contributed by atoms with Gasteiger partial charge in [-0.15, -0.1) is 0 Å². The van der Waals surface area contributed by atoms with Gasteiger partial charge >= 0.3 is 0 Å². The standard InChI is InChI=1S/C27H20F2N4O2/c1-16-12-18(3-2-17-4-11-25(30)31-15-17)13-23(32-16)27(35)33-26(19-5-7-20(28)8-6-19)22-14-21(29)9-10-24(22)34/h4-15,26,34H,1H3,(H2,30,31)(H,33,35)/t26-/m1/s1. The average molecular weight is 470 g/mol. The summed E-state index contributed by atoms with van der Waals surface area (Å²) in [4.78, 5) is 21.5. The summed E-state index contributed by atoms with van der Waals surface area (Å²) in [5.74, 6) is 4.45. The summed E-state index contributed by atoms with van der Waals surface area (Å²) in [6, 6.07) is 14.4. The Hall–Kier alpha value is -4.77. The summed E-state index contributed by atoms with van der Waals surface area (Å²) in [7, 11) is 0. The van der Waals surface area contributed by atoms with E-state index >= 15 is 0 Å². The summed E-state index contributed by atoms with van der Waals surface area (Å²) < 4.78 is 27.5. The molecule has 4 aromatic rings. The fraction of sp³-hybridized carbons (Fsp3) is 0.0741. The van der Waals surface area contributed by atoms with E-state index in [0.717, 1.165) is 12.1 Å². The number of carbonyl (C=O) groups excluding carboxylic acids is 1. The second-order valence-electron chi connectivity index (χ2n) is 7.77. The number of halogens is 2. The van der Waals surface area contributed by atoms with Crippen molar-refractivity contribution in [3.63, 3.8) is 0 Å². The van der Waals surface area contributed by atoms with E-state index in [2.05, 4.69) is 27.1 Å². The van der Waals surface area contributed by atoms with Crippen LogP contribution in [0.2, 0.25) is 0 Å². The molecule has 0 radical (unpaired) electrons. The molecule has 2 aromatic carbocycles. The van der Waals surface area contributed by atoms with Gasteiger partial charge in [0.2, 0.25) is 0 Å². The number of benzene rings is 2. The van der Waals surface area contributed by atoms with Gasteiger partial charge in [0.1, 0.15) is 28.9 Å². The van der Waals surface area contributed by atoms with Crippen LogP contribution in [-0.2, 0) is 0 Å². The Bertz CT molecular complexity index is 1440. The number of aromatic nitrogens is 2. The predicted molar refractivity (Wildman–Crippen MR) is 127 cm³/mol. The largest absolute Gasteiger partial charge is 0.508 e. The van der Waals surface area contributed by atoms with Crippen molar-refractivity contribution in [2.75, 3.05) is 5.73 Å². The lowest BCUT2D eigenvalue weighted by molar-refractivity contribution is 0.0937. The lowest BCUT2D eigenvalue weighted by Crippen LogP contribution is -2.30. The molecule has 0 saturated heterocycles. The van der Waals surface area contributed by atoms with Gasteiger partial charge in [-0.2, -0.15) is 0 Å². The molecule has 0 unspecified atom stereocenters. The van der Waals surface area contributed by atoms with Crippen LogP contribution in [0.4, 0.5) is 14.6 Å². The number of aryl methyl sites for hydroxylation is 1. The van der Waals surface area contributed by atoms with Gasteiger partial charge in [0.15, 0.2) is 0 Å². The van der Waals surface area contributed by atoms with Crippen molar-refractivity contribution in [3.8, 4) is 17.6 Å². The van der Waals surface area contributed by atoms with Crippen molar-refractivity contribution in [2.45, 2.75) is 13.0 Å². The predicted octanol–water partition coefficient (Wildman–Crippen LogP) is 4.27. The van der Waals surface area contributed by atoms with Crippen LogP contribution < -0.4 is 11.1 Å². The number of phenolic OH excluding ortho intramolecular Hbond substituents is 1. The number of hydrogen-bond donors (Lipinski definition) is 3. The molecule has 0 saturated carbocycles. The van der Waals surface area contributed by atoms with Gasteiger partial charge in [-0.25, -0.2) is 18.7 Å². The van der Waals surface area contributed by atoms with E-state index in [-0.39, 0.29) is 17.0 Å². The number of rotatable bonds is 4. The van der Waals surface area contributed by atoms with Gasteiger partial charge in [0, 0.05) is 28.6 Å². The van der Waals surface area contributed by atoms with Crippen molar-refractivity contribution in [3.05, 3.63) is 118 Å². The van der Waals surface area contributed by atoms with Gasteiger partial charge in [-0.3, -0.25) is 4.79 Å². The first kappa shape index (κ1) is 23.4. The highest BCUT2D eigenvalue weighted by Crippen LogP contribution is 2.30. The maximum absolute atomic E-state index is 14.0. The third-order valence-corrected chi connectivity index (χ3v) is 5.10. The number of nitrogens with two attached hydrogens (primary N) is 1. The molecule has 4 N–H and O–H groups in total. The Balaban J connectivity index is 1.67. The minimum atomic E-state index is -0.962. The number of phenols is 1. The van der Waals surface area contributed by atoms with E-state index in [1.165, 1.54) is 36.4 Å². The number of carbonyl (C=O) groups is 1. The van der Waals surface area contributed by atoms with E-state index in [1.807, 2.05) is 0 Å². The molecule has 0 bridgehead atoms. The zero-order valence-corrected chi connectivity index (χ0v) is 18.6. The molecular formula is C27H20F2N4O2. The number of amides is 1. The van der Waals surface area contributed by atoms with Crippen LogP contribution in [0.5, 0.6) is 5.75 Å². The fourth-order valence-corrected chi connectivity index (χ4v) is 3.44. The van der Waals surface area contributed by atoms with Crippen LogP contribution in [0.25, 0.3) is 0 Å². The van der Waals surface area contributed by atoms with E-state index < -0.39 is 23.6 Å². The Kier molecular flexibility index (Phi) is 6.69. The zero-order chi connectivity index (χ0) is 24.9. The molecule has 4 rings (SSSR count). The molecule has 1 atom stereocenters. The average Bonchev–Trinajstić information content (AvgIpc) is 2.84. The van der Waals surface area contributed by atoms with Crippen LogP contribution in [0.1, 0.15) is 44.5 Å². The fourth-order valence-electron chi connectivity index (χ4n) is 3.44. The molecule has 8 heteroatoms. The molecule has 174 valence electrons. The van der Waals surface area contributed by atoms with Crippen LogP contribution in [-0.4, -0.2) is 21.0 Å². The quantitative estimate of drug-likeness (QED) is 0.387. The Labute approximate surface area is 200 Å². The van der Waals surface area contributed by atoms with Crippen LogP contribution in [0.15, 0.2) is 72.9 Å². The van der Waals surface area contributed by atoms with Gasteiger partial charge in [-0.05, 0) is 67.1 Å². The zero-order valence-electron chi connectivity index (χ0n) is 18.6. The highest BCUT2D eigenvalue weighted by molar-refractivity contribution is 5.93. The van der Waals surface area contributed by atoms with Crippen molar-refractivity contribution in [1.29, 1.82) is 0 Å². The first-order valence-electron chi connectivity index (χ1n) is 10.6. The smallest absolute Gasteiger partial charge is 0.270 e. The van der Waals surface area contributed by atoms with E-state index in [0.29, 0.717) is 28.2 Å². The van der Waals surface area contributed by atoms with Crippen molar-refractivity contribution in [1.82, 2.24) is 15.3 Å². The maximum Gasteiger partial charge on any atom is 0.270 e. The summed E-state index contributed by atoms with van der Waals surface area (Å²) in [6.45, 7) is 1.72. The van der Waals surface area contributed by atoms with Crippen LogP contribution >= 0.6 is 0 Å². The number of hydrogen-bond acceptors (Lipinski definition) is 5. The molecule has 0 spiro atoms. The molecule has 35 heavy (non-hydrogen) atoms. The second-order valence-corrected chi connectivity index (χ2v) is 7.77. The molecule has 0 aliphatic rings. The normalized spacial score (nSPS) is 11.3. The number of nitrogens with zero attached hydrogens (tertiary/aromatic N) is 2. The minimum absolute atomic E-state index is 0.0766. The van der Waals surface area contributed by atoms with Gasteiger partial charge in [0.05, 0.1) is 6.04 Å². The minimum Gasteiger partial charge on any atom is -0.508 e. The molecule has 0 fully saturated rings. The second kappa shape index (κ2) is 10.0. The summed E-state index contributed by atoms with van der Waals surface area (Å²) in [5, 5.41) is 13.1. The summed E-state index contributed by atoms with van der Waals surface area (Å²) in [6.07, 6.45) is 1.54. The first-order valence-corrected chi connectivity index (χ1v) is 10.6. The molecule has 0 aliphatic heterocycles. The third kappa shape index (κ3) is 5.78. The van der Waals surface area contributed by atoms with Gasteiger partial charge in [0.25, 0.3) is 5.91 Å². The third-order valence-electron chi connectivity index (χ3n) is 5.10. The van der Waals surface area contributed by atoms with Crippen molar-refractivity contribution < 1.29 is 18.7 Å². The topological polar surface area (TPSA) is 101 Å². The molecule has 2 heterocycles. The molecule has 1 amide bonds. The highest BCUT2D eigenvalue weighted by Gasteiger charge is 2.22. The summed E-state index contributed by atoms with van der Waals surface area (Å²) >= 11 is 0. The number of aromatic hydroxyl groups is 1. The lowest BCUT2D eigenvalue weighted by atomic mass is 9.97. The summed E-state index contributed by atoms with van der Waals surface area (Å²) in [5.41, 5.74) is 7.99. The molecule has 0 aliphatic carbocycles. The van der Waals surface area contributed by atoms with Gasteiger partial charge in [-0.1, -0.05) is 24.0 Å². The van der Waals surface area contributed by atoms with Gasteiger partial charge < -0.3 is 16.2 Å². The molecular weight excluding hydrogens is 450 g/mol. The Morgan fingerprint density at radius 3 is 2.40 bits per heavy atom. The van der Waals surface area contributed by atoms with E-state index in [4.69, 9.17) is 5.73 Å². The van der Waals surface area contributed by atoms with Crippen LogP contribution in [0, 0.1) is 30.4 Å². The monoisotopic (exact) mass is 470 g/mol. The maximum atomic E-state index is 14.0. The SMILES string of the molecule is Cc1cc(C#Cc2ccc(N)nc2)cc(C(=O)N[C@H](c2ccc(F)cc2)c2cc(F)ccc2O)n1. The van der Waals surface area contributed by atoms with E-state index in [1.54, 1.807) is 31.3 Å². The molecule has 2 aromatic heterocycles. The molecule has 6 nitrogen and oxygen atoms in total. The number of anilines is 1. The number of nitrogen functional groups attached to an aromatic ring is 1. The Morgan fingerprint density at radius 2 is 1.69 bits per heavy atom. The van der Waals surface area contributed by atoms with Crippen molar-refractivity contribution in [2.24, 2.45) is 0 Å². The Morgan fingerprint density at radius 1 is 0.971 bits per heavy atom.